The molecule has 0 bridgehead atoms. The lowest BCUT2D eigenvalue weighted by atomic mass is 10.1. The number of ether oxygens (including phenoxy) is 3. The maximum atomic E-state index is 12.8. The number of rotatable bonds is 5. The molecule has 1 aromatic heterocycles. The van der Waals surface area contributed by atoms with Gasteiger partial charge in [0.15, 0.2) is 5.76 Å². The predicted octanol–water partition coefficient (Wildman–Crippen LogP) is 3.69. The van der Waals surface area contributed by atoms with Gasteiger partial charge in [0.25, 0.3) is 0 Å². The molecule has 118 valence electrons. The van der Waals surface area contributed by atoms with Crippen LogP contribution < -0.4 is 14.2 Å². The van der Waals surface area contributed by atoms with Crippen LogP contribution in [0.15, 0.2) is 46.9 Å². The van der Waals surface area contributed by atoms with Crippen molar-refractivity contribution in [2.24, 2.45) is 0 Å². The first-order valence-corrected chi connectivity index (χ1v) is 7.00. The monoisotopic (exact) mass is 312 g/mol. The molecular formula is C18H16O5. The molecule has 0 unspecified atom stereocenters. The first-order valence-electron chi connectivity index (χ1n) is 7.00. The summed E-state index contributed by atoms with van der Waals surface area (Å²) in [6, 6.07) is 12.2. The van der Waals surface area contributed by atoms with E-state index in [1.807, 2.05) is 12.1 Å². The average Bonchev–Trinajstić information content (AvgIpc) is 3.03. The van der Waals surface area contributed by atoms with Crippen LogP contribution in [-0.4, -0.2) is 27.1 Å². The van der Waals surface area contributed by atoms with Gasteiger partial charge in [0.2, 0.25) is 5.78 Å². The van der Waals surface area contributed by atoms with Crippen LogP contribution in [0.4, 0.5) is 0 Å². The number of hydrogen-bond donors (Lipinski definition) is 0. The van der Waals surface area contributed by atoms with Gasteiger partial charge in [-0.1, -0.05) is 0 Å². The molecule has 2 aromatic carbocycles. The van der Waals surface area contributed by atoms with Crippen molar-refractivity contribution in [3.63, 3.8) is 0 Å². The summed E-state index contributed by atoms with van der Waals surface area (Å²) in [5.74, 6) is 1.68. The van der Waals surface area contributed by atoms with Crippen LogP contribution in [0.1, 0.15) is 16.1 Å². The third-order valence-corrected chi connectivity index (χ3v) is 3.60. The summed E-state index contributed by atoms with van der Waals surface area (Å²) in [6.45, 7) is 0. The van der Waals surface area contributed by atoms with Gasteiger partial charge in [-0.15, -0.1) is 0 Å². The van der Waals surface area contributed by atoms with Crippen LogP contribution >= 0.6 is 0 Å². The smallest absolute Gasteiger partial charge is 0.232 e. The van der Waals surface area contributed by atoms with E-state index in [4.69, 9.17) is 18.6 Å². The number of fused-ring (bicyclic) bond motifs is 1. The van der Waals surface area contributed by atoms with Crippen molar-refractivity contribution >= 4 is 16.8 Å². The van der Waals surface area contributed by atoms with E-state index < -0.39 is 0 Å². The highest BCUT2D eigenvalue weighted by atomic mass is 16.5. The van der Waals surface area contributed by atoms with Gasteiger partial charge < -0.3 is 18.6 Å². The second-order valence-electron chi connectivity index (χ2n) is 4.91. The number of carbonyl (C=O) groups excluding carboxylic acids is 1. The van der Waals surface area contributed by atoms with E-state index in [1.165, 1.54) is 7.11 Å². The fourth-order valence-electron chi connectivity index (χ4n) is 2.37. The van der Waals surface area contributed by atoms with Crippen LogP contribution in [-0.2, 0) is 0 Å². The van der Waals surface area contributed by atoms with E-state index in [0.29, 0.717) is 28.4 Å². The van der Waals surface area contributed by atoms with Gasteiger partial charge in [0, 0.05) is 11.5 Å². The summed E-state index contributed by atoms with van der Waals surface area (Å²) in [5.41, 5.74) is 0.979. The Hall–Kier alpha value is -2.95. The fourth-order valence-corrected chi connectivity index (χ4v) is 2.37. The third-order valence-electron chi connectivity index (χ3n) is 3.60. The number of furan rings is 1. The second kappa shape index (κ2) is 6.04. The van der Waals surface area contributed by atoms with Gasteiger partial charge in [-0.25, -0.2) is 0 Å². The van der Waals surface area contributed by atoms with Gasteiger partial charge >= 0.3 is 0 Å². The van der Waals surface area contributed by atoms with Gasteiger partial charge in [-0.05, 0) is 36.4 Å². The average molecular weight is 312 g/mol. The van der Waals surface area contributed by atoms with Gasteiger partial charge in [-0.3, -0.25) is 4.79 Å². The van der Waals surface area contributed by atoms with Crippen molar-refractivity contribution in [2.75, 3.05) is 21.3 Å². The van der Waals surface area contributed by atoms with E-state index in [-0.39, 0.29) is 11.5 Å². The van der Waals surface area contributed by atoms with E-state index in [0.717, 1.165) is 5.39 Å². The Labute approximate surface area is 133 Å². The van der Waals surface area contributed by atoms with Gasteiger partial charge in [-0.2, -0.15) is 0 Å². The maximum absolute atomic E-state index is 12.8. The molecule has 0 saturated carbocycles. The van der Waals surface area contributed by atoms with Crippen LogP contribution in [0.5, 0.6) is 17.2 Å². The highest BCUT2D eigenvalue weighted by Gasteiger charge is 2.19. The SMILES string of the molecule is COc1ccc(OC)c(C(=O)c2cc3ccc(OC)cc3o2)c1. The molecule has 0 aliphatic heterocycles. The number of hydrogen-bond acceptors (Lipinski definition) is 5. The lowest BCUT2D eigenvalue weighted by Gasteiger charge is -2.08. The lowest BCUT2D eigenvalue weighted by Crippen LogP contribution is -2.03. The molecule has 5 nitrogen and oxygen atoms in total. The minimum atomic E-state index is -0.268. The zero-order valence-corrected chi connectivity index (χ0v) is 13.1. The number of benzene rings is 2. The minimum absolute atomic E-state index is 0.236. The Balaban J connectivity index is 2.06. The van der Waals surface area contributed by atoms with Crippen molar-refractivity contribution < 1.29 is 23.4 Å². The summed E-state index contributed by atoms with van der Waals surface area (Å²) >= 11 is 0. The van der Waals surface area contributed by atoms with Crippen LogP contribution in [0.3, 0.4) is 0 Å². The zero-order valence-electron chi connectivity index (χ0n) is 13.1. The Morgan fingerprint density at radius 3 is 2.26 bits per heavy atom. The topological polar surface area (TPSA) is 57.9 Å². The quantitative estimate of drug-likeness (QED) is 0.672. The second-order valence-corrected chi connectivity index (χ2v) is 4.91. The molecule has 0 atom stereocenters. The summed E-state index contributed by atoms with van der Waals surface area (Å²) in [7, 11) is 4.64. The Bertz CT molecular complexity index is 863. The standard InChI is InChI=1S/C18H16O5/c1-20-12-6-7-15(22-3)14(9-12)18(19)17-8-11-4-5-13(21-2)10-16(11)23-17/h4-10H,1-3H3. The molecular weight excluding hydrogens is 296 g/mol. The van der Waals surface area contributed by atoms with Crippen LogP contribution in [0.25, 0.3) is 11.0 Å². The van der Waals surface area contributed by atoms with Crippen molar-refractivity contribution in [2.45, 2.75) is 0 Å². The molecule has 5 heteroatoms. The first-order chi connectivity index (χ1) is 11.2. The molecule has 0 fully saturated rings. The summed E-state index contributed by atoms with van der Waals surface area (Å²) in [4.78, 5) is 12.8. The molecule has 0 aliphatic carbocycles. The van der Waals surface area contributed by atoms with E-state index >= 15 is 0 Å². The summed E-state index contributed by atoms with van der Waals surface area (Å²) < 4.78 is 21.3. The highest BCUT2D eigenvalue weighted by molar-refractivity contribution is 6.10. The molecule has 1 heterocycles. The molecule has 3 rings (SSSR count). The fraction of sp³-hybridized carbons (Fsp3) is 0.167. The van der Waals surface area contributed by atoms with Crippen molar-refractivity contribution in [1.29, 1.82) is 0 Å². The van der Waals surface area contributed by atoms with Gasteiger partial charge in [0.05, 0.1) is 26.9 Å². The molecule has 0 N–H and O–H groups in total. The molecule has 23 heavy (non-hydrogen) atoms. The molecule has 0 aliphatic rings. The summed E-state index contributed by atoms with van der Waals surface area (Å²) in [5, 5.41) is 0.830. The molecule has 0 saturated heterocycles. The van der Waals surface area contributed by atoms with Crippen molar-refractivity contribution in [1.82, 2.24) is 0 Å². The minimum Gasteiger partial charge on any atom is -0.497 e. The van der Waals surface area contributed by atoms with Crippen LogP contribution in [0.2, 0.25) is 0 Å². The third kappa shape index (κ3) is 2.73. The first kappa shape index (κ1) is 15.0. The Morgan fingerprint density at radius 1 is 0.870 bits per heavy atom. The van der Waals surface area contributed by atoms with E-state index in [2.05, 4.69) is 0 Å². The highest BCUT2D eigenvalue weighted by Crippen LogP contribution is 2.30. The normalized spacial score (nSPS) is 10.6. The largest absolute Gasteiger partial charge is 0.497 e. The Morgan fingerprint density at radius 2 is 1.57 bits per heavy atom. The van der Waals surface area contributed by atoms with Crippen molar-refractivity contribution in [3.8, 4) is 17.2 Å². The van der Waals surface area contributed by atoms with Crippen LogP contribution in [0, 0.1) is 0 Å². The number of methoxy groups -OCH3 is 3. The lowest BCUT2D eigenvalue weighted by molar-refractivity contribution is 0.101. The Kier molecular flexibility index (Phi) is 3.93. The van der Waals surface area contributed by atoms with E-state index in [9.17, 15) is 4.79 Å². The molecule has 3 aromatic rings. The predicted molar refractivity (Wildman–Crippen MR) is 85.7 cm³/mol. The molecule has 0 amide bonds. The maximum Gasteiger partial charge on any atom is 0.232 e. The number of ketones is 1. The molecule has 0 radical (unpaired) electrons. The van der Waals surface area contributed by atoms with E-state index in [1.54, 1.807) is 44.6 Å². The zero-order chi connectivity index (χ0) is 16.4. The van der Waals surface area contributed by atoms with Gasteiger partial charge in [0.1, 0.15) is 22.8 Å². The number of carbonyl (C=O) groups is 1. The summed E-state index contributed by atoms with van der Waals surface area (Å²) in [6.07, 6.45) is 0. The van der Waals surface area contributed by atoms with Crippen molar-refractivity contribution in [3.05, 3.63) is 53.8 Å². The molecule has 0 spiro atoms.